The average Bonchev–Trinajstić information content (AvgIpc) is 2.71. The van der Waals surface area contributed by atoms with Crippen molar-refractivity contribution in [2.75, 3.05) is 0 Å². The third kappa shape index (κ3) is 2.18. The van der Waals surface area contributed by atoms with Gasteiger partial charge in [0.05, 0.1) is 11.3 Å². The molecule has 92 valence electrons. The van der Waals surface area contributed by atoms with Gasteiger partial charge in [-0.15, -0.1) is 0 Å². The second kappa shape index (κ2) is 4.87. The van der Waals surface area contributed by atoms with E-state index in [-0.39, 0.29) is 5.56 Å². The summed E-state index contributed by atoms with van der Waals surface area (Å²) < 4.78 is 1.80. The van der Waals surface area contributed by atoms with E-state index in [1.165, 1.54) is 0 Å². The molecule has 0 aliphatic rings. The van der Waals surface area contributed by atoms with Crippen molar-refractivity contribution in [1.82, 2.24) is 4.57 Å². The highest BCUT2D eigenvalue weighted by molar-refractivity contribution is 5.89. The Hall–Kier alpha value is -2.36. The van der Waals surface area contributed by atoms with Crippen LogP contribution in [-0.2, 0) is 6.54 Å². The van der Waals surface area contributed by atoms with Gasteiger partial charge in [0.2, 0.25) is 0 Å². The largest absolute Gasteiger partial charge is 0.478 e. The summed E-state index contributed by atoms with van der Waals surface area (Å²) in [5.74, 6) is -0.955. The number of aromatic carboxylic acids is 1. The Bertz CT molecular complexity index is 599. The first-order valence-corrected chi connectivity index (χ1v) is 5.56. The number of hydrogen-bond donors (Lipinski definition) is 1. The van der Waals surface area contributed by atoms with E-state index >= 15 is 0 Å². The Morgan fingerprint density at radius 2 is 2.00 bits per heavy atom. The van der Waals surface area contributed by atoms with Crippen LogP contribution in [0.2, 0.25) is 0 Å². The molecule has 0 saturated carbocycles. The quantitative estimate of drug-likeness (QED) is 0.838. The predicted molar refractivity (Wildman–Crippen MR) is 67.1 cm³/mol. The lowest BCUT2D eigenvalue weighted by Crippen LogP contribution is -2.10. The molecule has 0 radical (unpaired) electrons. The van der Waals surface area contributed by atoms with Gasteiger partial charge in [0.15, 0.2) is 6.29 Å². The van der Waals surface area contributed by atoms with Gasteiger partial charge in [0, 0.05) is 12.2 Å². The summed E-state index contributed by atoms with van der Waals surface area (Å²) in [7, 11) is 0. The monoisotopic (exact) mass is 243 g/mol. The van der Waals surface area contributed by atoms with Crippen LogP contribution in [0.5, 0.6) is 0 Å². The van der Waals surface area contributed by atoms with Crippen molar-refractivity contribution >= 4 is 12.3 Å². The number of hydrogen-bond acceptors (Lipinski definition) is 2. The second-order valence-corrected chi connectivity index (χ2v) is 4.07. The molecule has 0 aliphatic heterocycles. The molecule has 4 nitrogen and oxygen atoms in total. The van der Waals surface area contributed by atoms with E-state index in [0.29, 0.717) is 17.8 Å². The van der Waals surface area contributed by atoms with E-state index in [1.807, 2.05) is 13.0 Å². The van der Waals surface area contributed by atoms with E-state index in [1.54, 1.807) is 34.9 Å². The topological polar surface area (TPSA) is 59.3 Å². The average molecular weight is 243 g/mol. The predicted octanol–water partition coefficient (Wildman–Crippen LogP) is 2.36. The molecule has 0 saturated heterocycles. The Morgan fingerprint density at radius 3 is 2.67 bits per heavy atom. The van der Waals surface area contributed by atoms with Crippen molar-refractivity contribution in [3.8, 4) is 0 Å². The van der Waals surface area contributed by atoms with Gasteiger partial charge in [-0.3, -0.25) is 4.79 Å². The molecule has 0 amide bonds. The van der Waals surface area contributed by atoms with Gasteiger partial charge in [-0.05, 0) is 30.7 Å². The fraction of sp³-hybridized carbons (Fsp3) is 0.143. The Kier molecular flexibility index (Phi) is 3.28. The van der Waals surface area contributed by atoms with Gasteiger partial charge in [-0.25, -0.2) is 4.79 Å². The number of aryl methyl sites for hydroxylation is 1. The lowest BCUT2D eigenvalue weighted by Gasteiger charge is -2.11. The van der Waals surface area contributed by atoms with Crippen LogP contribution in [0.3, 0.4) is 0 Å². The smallest absolute Gasteiger partial charge is 0.336 e. The molecule has 1 aromatic carbocycles. The summed E-state index contributed by atoms with van der Waals surface area (Å²) in [6, 6.07) is 10.4. The molecule has 0 unspecified atom stereocenters. The molecule has 1 N–H and O–H groups in total. The Morgan fingerprint density at radius 1 is 1.28 bits per heavy atom. The van der Waals surface area contributed by atoms with E-state index in [9.17, 15) is 9.59 Å². The molecule has 1 aromatic heterocycles. The molecule has 4 heteroatoms. The highest BCUT2D eigenvalue weighted by Gasteiger charge is 2.11. The van der Waals surface area contributed by atoms with Crippen LogP contribution in [0.15, 0.2) is 36.4 Å². The molecule has 0 fully saturated rings. The van der Waals surface area contributed by atoms with Crippen molar-refractivity contribution < 1.29 is 14.7 Å². The second-order valence-electron chi connectivity index (χ2n) is 4.07. The number of nitrogens with zero attached hydrogens (tertiary/aromatic N) is 1. The maximum Gasteiger partial charge on any atom is 0.336 e. The van der Waals surface area contributed by atoms with Crippen LogP contribution in [-0.4, -0.2) is 21.9 Å². The third-order valence-corrected chi connectivity index (χ3v) is 2.93. The molecule has 0 bridgehead atoms. The Balaban J connectivity index is 2.43. The van der Waals surface area contributed by atoms with Crippen LogP contribution >= 0.6 is 0 Å². The van der Waals surface area contributed by atoms with Crippen LogP contribution in [0.4, 0.5) is 0 Å². The molecular weight excluding hydrogens is 230 g/mol. The van der Waals surface area contributed by atoms with Crippen molar-refractivity contribution in [1.29, 1.82) is 0 Å². The van der Waals surface area contributed by atoms with Gasteiger partial charge in [-0.1, -0.05) is 18.2 Å². The first-order valence-electron chi connectivity index (χ1n) is 5.56. The minimum absolute atomic E-state index is 0.266. The fourth-order valence-corrected chi connectivity index (χ4v) is 1.95. The molecule has 1 heterocycles. The van der Waals surface area contributed by atoms with Crippen molar-refractivity contribution in [3.05, 3.63) is 58.9 Å². The number of aromatic nitrogens is 1. The molecule has 2 rings (SSSR count). The van der Waals surface area contributed by atoms with Crippen molar-refractivity contribution in [2.24, 2.45) is 0 Å². The highest BCUT2D eigenvalue weighted by atomic mass is 16.4. The zero-order valence-electron chi connectivity index (χ0n) is 9.96. The molecule has 18 heavy (non-hydrogen) atoms. The summed E-state index contributed by atoms with van der Waals surface area (Å²) in [6.45, 7) is 2.27. The molecule has 0 atom stereocenters. The maximum absolute atomic E-state index is 11.1. The van der Waals surface area contributed by atoms with Crippen molar-refractivity contribution in [3.63, 3.8) is 0 Å². The summed E-state index contributed by atoms with van der Waals surface area (Å²) in [4.78, 5) is 22.0. The van der Waals surface area contributed by atoms with Crippen LogP contribution in [0.1, 0.15) is 32.1 Å². The lowest BCUT2D eigenvalue weighted by atomic mass is 10.1. The molecule has 2 aromatic rings. The van der Waals surface area contributed by atoms with Crippen LogP contribution in [0, 0.1) is 6.92 Å². The van der Waals surface area contributed by atoms with Crippen molar-refractivity contribution in [2.45, 2.75) is 13.5 Å². The lowest BCUT2D eigenvalue weighted by molar-refractivity contribution is 0.0695. The van der Waals surface area contributed by atoms with Crippen LogP contribution in [0.25, 0.3) is 0 Å². The van der Waals surface area contributed by atoms with Crippen LogP contribution < -0.4 is 0 Å². The zero-order chi connectivity index (χ0) is 13.1. The number of rotatable bonds is 4. The van der Waals surface area contributed by atoms with Gasteiger partial charge in [-0.2, -0.15) is 0 Å². The van der Waals surface area contributed by atoms with E-state index in [0.717, 1.165) is 12.0 Å². The number of carbonyl (C=O) groups excluding carboxylic acids is 1. The third-order valence-electron chi connectivity index (χ3n) is 2.93. The fourth-order valence-electron chi connectivity index (χ4n) is 1.95. The maximum atomic E-state index is 11.1. The first kappa shape index (κ1) is 12.1. The van der Waals surface area contributed by atoms with E-state index in [2.05, 4.69) is 0 Å². The summed E-state index contributed by atoms with van der Waals surface area (Å²) >= 11 is 0. The normalized spacial score (nSPS) is 10.3. The van der Waals surface area contributed by atoms with E-state index < -0.39 is 5.97 Å². The standard InChI is InChI=1S/C14H13NO3/c1-10-6-7-12(9-16)15(10)8-11-4-2-3-5-13(11)14(17)18/h2-7,9H,8H2,1H3,(H,17,18). The SMILES string of the molecule is Cc1ccc(C=O)n1Cc1ccccc1C(=O)O. The summed E-state index contributed by atoms with van der Waals surface area (Å²) in [5, 5.41) is 9.11. The number of carbonyl (C=O) groups is 2. The summed E-state index contributed by atoms with van der Waals surface area (Å²) in [5.41, 5.74) is 2.43. The van der Waals surface area contributed by atoms with Gasteiger partial charge in [0.25, 0.3) is 0 Å². The summed E-state index contributed by atoms with van der Waals surface area (Å²) in [6.07, 6.45) is 0.774. The molecule has 0 spiro atoms. The Labute approximate surface area is 104 Å². The number of aldehydes is 1. The first-order chi connectivity index (χ1) is 8.63. The molecular formula is C14H13NO3. The minimum atomic E-state index is -0.955. The van der Waals surface area contributed by atoms with Gasteiger partial charge < -0.3 is 9.67 Å². The molecule has 0 aliphatic carbocycles. The number of carboxylic acids is 1. The minimum Gasteiger partial charge on any atom is -0.478 e. The van der Waals surface area contributed by atoms with E-state index in [4.69, 9.17) is 5.11 Å². The number of benzene rings is 1. The zero-order valence-corrected chi connectivity index (χ0v) is 9.96. The van der Waals surface area contributed by atoms with Gasteiger partial charge in [0.1, 0.15) is 0 Å². The highest BCUT2D eigenvalue weighted by Crippen LogP contribution is 2.14. The number of carboxylic acid groups (broad SMARTS) is 1. The van der Waals surface area contributed by atoms with Gasteiger partial charge >= 0.3 is 5.97 Å².